The molecule has 3 heteroatoms. The van der Waals surface area contributed by atoms with Crippen LogP contribution >= 0.6 is 0 Å². The van der Waals surface area contributed by atoms with E-state index in [1.54, 1.807) is 7.11 Å². The van der Waals surface area contributed by atoms with E-state index in [2.05, 4.69) is 32.6 Å². The zero-order valence-corrected chi connectivity index (χ0v) is 11.0. The van der Waals surface area contributed by atoms with Crippen LogP contribution < -0.4 is 5.73 Å². The van der Waals surface area contributed by atoms with Gasteiger partial charge in [-0.3, -0.25) is 4.90 Å². The smallest absolute Gasteiger partial charge is 0.0480 e. The standard InChI is InChI=1S/C12H28N2O/c1-6-14(9-11(2)3)12(4,10-13)7-8-15-5/h11H,6-10,13H2,1-5H3. The molecular formula is C12H28N2O. The molecule has 1 atom stereocenters. The fraction of sp³-hybridized carbons (Fsp3) is 1.00. The van der Waals surface area contributed by atoms with Gasteiger partial charge in [-0.1, -0.05) is 20.8 Å². The Morgan fingerprint density at radius 3 is 2.33 bits per heavy atom. The van der Waals surface area contributed by atoms with Crippen molar-refractivity contribution in [2.75, 3.05) is 33.4 Å². The zero-order chi connectivity index (χ0) is 11.9. The van der Waals surface area contributed by atoms with Crippen molar-refractivity contribution < 1.29 is 4.74 Å². The van der Waals surface area contributed by atoms with Crippen LogP contribution in [-0.2, 0) is 4.74 Å². The van der Waals surface area contributed by atoms with E-state index in [-0.39, 0.29) is 5.54 Å². The Hall–Kier alpha value is -0.120. The molecule has 0 aliphatic carbocycles. The van der Waals surface area contributed by atoms with E-state index in [4.69, 9.17) is 10.5 Å². The number of ether oxygens (including phenoxy) is 1. The van der Waals surface area contributed by atoms with Crippen molar-refractivity contribution in [3.05, 3.63) is 0 Å². The quantitative estimate of drug-likeness (QED) is 0.671. The highest BCUT2D eigenvalue weighted by atomic mass is 16.5. The third-order valence-electron chi connectivity index (χ3n) is 3.02. The predicted octanol–water partition coefficient (Wildman–Crippen LogP) is 1.72. The van der Waals surface area contributed by atoms with E-state index >= 15 is 0 Å². The lowest BCUT2D eigenvalue weighted by atomic mass is 9.94. The Bertz CT molecular complexity index is 162. The second-order valence-corrected chi connectivity index (χ2v) is 4.88. The molecule has 0 aliphatic heterocycles. The Morgan fingerprint density at radius 2 is 2.00 bits per heavy atom. The molecule has 0 spiro atoms. The highest BCUT2D eigenvalue weighted by molar-refractivity contribution is 4.87. The van der Waals surface area contributed by atoms with Crippen LogP contribution in [-0.4, -0.2) is 43.8 Å². The molecule has 0 bridgehead atoms. The zero-order valence-electron chi connectivity index (χ0n) is 11.0. The first-order valence-corrected chi connectivity index (χ1v) is 5.94. The molecule has 0 radical (unpaired) electrons. The molecule has 0 fully saturated rings. The van der Waals surface area contributed by atoms with Crippen LogP contribution in [0.4, 0.5) is 0 Å². The lowest BCUT2D eigenvalue weighted by Gasteiger charge is -2.41. The van der Waals surface area contributed by atoms with Crippen molar-refractivity contribution in [1.82, 2.24) is 4.90 Å². The minimum Gasteiger partial charge on any atom is -0.385 e. The van der Waals surface area contributed by atoms with Gasteiger partial charge in [0.25, 0.3) is 0 Å². The first-order chi connectivity index (χ1) is 7.00. The molecule has 0 aromatic carbocycles. The van der Waals surface area contributed by atoms with Gasteiger partial charge in [-0.2, -0.15) is 0 Å². The van der Waals surface area contributed by atoms with E-state index < -0.39 is 0 Å². The minimum absolute atomic E-state index is 0.0784. The van der Waals surface area contributed by atoms with E-state index in [1.165, 1.54) is 0 Å². The molecule has 0 aromatic rings. The van der Waals surface area contributed by atoms with Crippen LogP contribution in [0.15, 0.2) is 0 Å². The molecule has 0 saturated carbocycles. The van der Waals surface area contributed by atoms with Crippen LogP contribution in [0.1, 0.15) is 34.1 Å². The molecular weight excluding hydrogens is 188 g/mol. The largest absolute Gasteiger partial charge is 0.385 e. The average Bonchev–Trinajstić information content (AvgIpc) is 2.22. The number of hydrogen-bond donors (Lipinski definition) is 1. The van der Waals surface area contributed by atoms with Gasteiger partial charge in [0.1, 0.15) is 0 Å². The SMILES string of the molecule is CCN(CC(C)C)C(C)(CN)CCOC. The van der Waals surface area contributed by atoms with Crippen LogP contribution in [0.5, 0.6) is 0 Å². The van der Waals surface area contributed by atoms with Gasteiger partial charge in [-0.05, 0) is 25.8 Å². The van der Waals surface area contributed by atoms with E-state index in [0.717, 1.165) is 26.1 Å². The maximum Gasteiger partial charge on any atom is 0.0480 e. The van der Waals surface area contributed by atoms with E-state index in [1.807, 2.05) is 0 Å². The summed E-state index contributed by atoms with van der Waals surface area (Å²) in [6, 6.07) is 0. The van der Waals surface area contributed by atoms with Crippen LogP contribution in [0.25, 0.3) is 0 Å². The third-order valence-corrected chi connectivity index (χ3v) is 3.02. The molecule has 0 aromatic heterocycles. The molecule has 0 heterocycles. The Balaban J connectivity index is 4.41. The lowest BCUT2D eigenvalue weighted by molar-refractivity contribution is 0.0635. The summed E-state index contributed by atoms with van der Waals surface area (Å²) in [5, 5.41) is 0. The first kappa shape index (κ1) is 14.9. The van der Waals surface area contributed by atoms with Gasteiger partial charge in [0.05, 0.1) is 0 Å². The fourth-order valence-electron chi connectivity index (χ4n) is 1.88. The topological polar surface area (TPSA) is 38.5 Å². The molecule has 3 nitrogen and oxygen atoms in total. The number of likely N-dealkylation sites (N-methyl/N-ethyl adjacent to an activating group) is 1. The molecule has 0 aliphatic rings. The van der Waals surface area contributed by atoms with Gasteiger partial charge in [0, 0.05) is 32.3 Å². The Kier molecular flexibility index (Phi) is 7.14. The van der Waals surface area contributed by atoms with Crippen LogP contribution in [0.2, 0.25) is 0 Å². The monoisotopic (exact) mass is 216 g/mol. The molecule has 1 unspecified atom stereocenters. The number of methoxy groups -OCH3 is 1. The number of hydrogen-bond acceptors (Lipinski definition) is 3. The van der Waals surface area contributed by atoms with Gasteiger partial charge >= 0.3 is 0 Å². The first-order valence-electron chi connectivity index (χ1n) is 5.94. The number of rotatable bonds is 8. The average molecular weight is 216 g/mol. The maximum atomic E-state index is 5.90. The normalized spacial score (nSPS) is 16.0. The van der Waals surface area contributed by atoms with E-state index in [0.29, 0.717) is 12.5 Å². The summed E-state index contributed by atoms with van der Waals surface area (Å²) in [4.78, 5) is 2.47. The molecule has 0 saturated heterocycles. The van der Waals surface area contributed by atoms with Crippen molar-refractivity contribution >= 4 is 0 Å². The van der Waals surface area contributed by atoms with Gasteiger partial charge < -0.3 is 10.5 Å². The van der Waals surface area contributed by atoms with E-state index in [9.17, 15) is 0 Å². The van der Waals surface area contributed by atoms with Gasteiger partial charge in [-0.25, -0.2) is 0 Å². The summed E-state index contributed by atoms with van der Waals surface area (Å²) in [5.74, 6) is 0.679. The highest BCUT2D eigenvalue weighted by Gasteiger charge is 2.29. The predicted molar refractivity (Wildman–Crippen MR) is 66.0 cm³/mol. The maximum absolute atomic E-state index is 5.90. The summed E-state index contributed by atoms with van der Waals surface area (Å²) in [5.41, 5.74) is 5.98. The second-order valence-electron chi connectivity index (χ2n) is 4.88. The second kappa shape index (κ2) is 7.20. The summed E-state index contributed by atoms with van der Waals surface area (Å²) in [7, 11) is 1.75. The number of nitrogens with zero attached hydrogens (tertiary/aromatic N) is 1. The van der Waals surface area contributed by atoms with Crippen molar-refractivity contribution in [1.29, 1.82) is 0 Å². The fourth-order valence-corrected chi connectivity index (χ4v) is 1.88. The van der Waals surface area contributed by atoms with Crippen molar-refractivity contribution in [3.63, 3.8) is 0 Å². The minimum atomic E-state index is 0.0784. The Morgan fingerprint density at radius 1 is 1.40 bits per heavy atom. The summed E-state index contributed by atoms with van der Waals surface area (Å²) in [6.07, 6.45) is 1.00. The molecule has 15 heavy (non-hydrogen) atoms. The summed E-state index contributed by atoms with van der Waals surface area (Å²) >= 11 is 0. The molecule has 0 amide bonds. The van der Waals surface area contributed by atoms with Crippen molar-refractivity contribution in [2.45, 2.75) is 39.7 Å². The lowest BCUT2D eigenvalue weighted by Crippen LogP contribution is -2.53. The molecule has 2 N–H and O–H groups in total. The summed E-state index contributed by atoms with van der Waals surface area (Å²) in [6.45, 7) is 12.6. The Labute approximate surface area is 95.0 Å². The molecule has 92 valence electrons. The summed E-state index contributed by atoms with van der Waals surface area (Å²) < 4.78 is 5.16. The van der Waals surface area contributed by atoms with Gasteiger partial charge in [0.2, 0.25) is 0 Å². The third kappa shape index (κ3) is 4.96. The van der Waals surface area contributed by atoms with Crippen LogP contribution in [0, 0.1) is 5.92 Å². The van der Waals surface area contributed by atoms with Gasteiger partial charge in [0.15, 0.2) is 0 Å². The van der Waals surface area contributed by atoms with Crippen molar-refractivity contribution in [3.8, 4) is 0 Å². The molecule has 0 rings (SSSR count). The van der Waals surface area contributed by atoms with Gasteiger partial charge in [-0.15, -0.1) is 0 Å². The van der Waals surface area contributed by atoms with Crippen LogP contribution in [0.3, 0.4) is 0 Å². The number of nitrogens with two attached hydrogens (primary N) is 1. The highest BCUT2D eigenvalue weighted by Crippen LogP contribution is 2.19. The van der Waals surface area contributed by atoms with Crippen molar-refractivity contribution in [2.24, 2.45) is 11.7 Å².